The number of carbonyl (C=O) groups is 1. The van der Waals surface area contributed by atoms with Gasteiger partial charge in [0.05, 0.1) is 17.9 Å². The second-order valence-electron chi connectivity index (χ2n) is 9.98. The van der Waals surface area contributed by atoms with Gasteiger partial charge in [-0.2, -0.15) is 0 Å². The molecule has 4 rings (SSSR count). The van der Waals surface area contributed by atoms with Gasteiger partial charge in [0.25, 0.3) is 5.91 Å². The first-order valence-electron chi connectivity index (χ1n) is 12.3. The number of nitrogens with zero attached hydrogens (tertiary/aromatic N) is 4. The van der Waals surface area contributed by atoms with E-state index in [1.54, 1.807) is 18.0 Å². The number of amides is 1. The summed E-state index contributed by atoms with van der Waals surface area (Å²) in [6.07, 6.45) is 1.72. The van der Waals surface area contributed by atoms with Crippen molar-refractivity contribution < 1.29 is 4.79 Å². The van der Waals surface area contributed by atoms with Crippen molar-refractivity contribution in [2.45, 2.75) is 50.2 Å². The van der Waals surface area contributed by atoms with Crippen molar-refractivity contribution in [1.82, 2.24) is 20.3 Å². The molecule has 0 fully saturated rings. The van der Waals surface area contributed by atoms with Crippen LogP contribution < -0.4 is 10.2 Å². The molecule has 6 nitrogen and oxygen atoms in total. The number of aromatic nitrogens is 3. The number of carbonyl (C=O) groups excluding carboxylic acids is 1. The molecule has 0 aliphatic carbocycles. The van der Waals surface area contributed by atoms with Gasteiger partial charge in [-0.1, -0.05) is 81.1 Å². The number of rotatable bonds is 9. The summed E-state index contributed by atoms with van der Waals surface area (Å²) >= 11 is 1.58. The lowest BCUT2D eigenvalue weighted by Crippen LogP contribution is -2.23. The zero-order chi connectivity index (χ0) is 26.3. The molecule has 0 aliphatic heterocycles. The molecule has 7 heteroatoms. The van der Waals surface area contributed by atoms with Crippen molar-refractivity contribution in [3.05, 3.63) is 113 Å². The fourth-order valence-electron chi connectivity index (χ4n) is 3.72. The van der Waals surface area contributed by atoms with Crippen LogP contribution in [0.4, 0.5) is 5.82 Å². The van der Waals surface area contributed by atoms with Gasteiger partial charge in [-0.3, -0.25) is 9.78 Å². The molecular weight excluding hydrogens is 478 g/mol. The molecule has 0 bridgehead atoms. The van der Waals surface area contributed by atoms with Gasteiger partial charge >= 0.3 is 0 Å². The molecule has 2 aromatic heterocycles. The van der Waals surface area contributed by atoms with Crippen LogP contribution in [0.25, 0.3) is 0 Å². The van der Waals surface area contributed by atoms with Crippen LogP contribution in [0.15, 0.2) is 90.2 Å². The molecular formula is C30H33N5OS. The molecule has 0 spiro atoms. The van der Waals surface area contributed by atoms with Crippen LogP contribution in [0.3, 0.4) is 0 Å². The summed E-state index contributed by atoms with van der Waals surface area (Å²) in [6, 6.07) is 25.8. The highest BCUT2D eigenvalue weighted by atomic mass is 32.2. The van der Waals surface area contributed by atoms with Gasteiger partial charge in [0.15, 0.2) is 5.16 Å². The van der Waals surface area contributed by atoms with Gasteiger partial charge in [-0.15, -0.1) is 0 Å². The Morgan fingerprint density at radius 2 is 1.68 bits per heavy atom. The Morgan fingerprint density at radius 1 is 0.919 bits per heavy atom. The maximum atomic E-state index is 12.7. The smallest absolute Gasteiger partial charge is 0.251 e. The lowest BCUT2D eigenvalue weighted by Gasteiger charge is -2.23. The van der Waals surface area contributed by atoms with E-state index in [1.165, 1.54) is 5.56 Å². The minimum absolute atomic E-state index is 0.105. The van der Waals surface area contributed by atoms with E-state index in [1.807, 2.05) is 48.5 Å². The van der Waals surface area contributed by atoms with Crippen LogP contribution in [-0.2, 0) is 24.3 Å². The van der Waals surface area contributed by atoms with Gasteiger partial charge in [-0.05, 0) is 35.4 Å². The summed E-state index contributed by atoms with van der Waals surface area (Å²) in [5.41, 5.74) is 4.62. The minimum Gasteiger partial charge on any atom is -0.355 e. The number of thioether (sulfide) groups is 1. The average molecular weight is 512 g/mol. The molecule has 0 aliphatic rings. The average Bonchev–Trinajstić information content (AvgIpc) is 2.91. The quantitative estimate of drug-likeness (QED) is 0.219. The van der Waals surface area contributed by atoms with E-state index in [9.17, 15) is 4.79 Å². The van der Waals surface area contributed by atoms with Gasteiger partial charge in [0, 0.05) is 42.6 Å². The summed E-state index contributed by atoms with van der Waals surface area (Å²) < 4.78 is 0. The first kappa shape index (κ1) is 26.4. The van der Waals surface area contributed by atoms with Crippen LogP contribution in [-0.4, -0.2) is 27.9 Å². The third-order valence-corrected chi connectivity index (χ3v) is 6.75. The largest absolute Gasteiger partial charge is 0.355 e. The predicted octanol–water partition coefficient (Wildman–Crippen LogP) is 6.03. The number of anilines is 1. The summed E-state index contributed by atoms with van der Waals surface area (Å²) in [4.78, 5) is 28.8. The van der Waals surface area contributed by atoms with Crippen LogP contribution in [0.5, 0.6) is 0 Å². The van der Waals surface area contributed by atoms with Gasteiger partial charge in [0.1, 0.15) is 5.82 Å². The summed E-state index contributed by atoms with van der Waals surface area (Å²) in [7, 11) is 2.06. The van der Waals surface area contributed by atoms with Gasteiger partial charge < -0.3 is 10.2 Å². The first-order chi connectivity index (χ1) is 17.8. The first-order valence-corrected chi connectivity index (χ1v) is 13.3. The summed E-state index contributed by atoms with van der Waals surface area (Å²) in [5, 5.41) is 3.67. The Bertz CT molecular complexity index is 1320. The monoisotopic (exact) mass is 511 g/mol. The van der Waals surface area contributed by atoms with Crippen LogP contribution in [0, 0.1) is 0 Å². The van der Waals surface area contributed by atoms with E-state index in [-0.39, 0.29) is 11.3 Å². The van der Waals surface area contributed by atoms with E-state index >= 15 is 0 Å². The van der Waals surface area contributed by atoms with Crippen molar-refractivity contribution in [1.29, 1.82) is 0 Å². The lowest BCUT2D eigenvalue weighted by atomic mass is 9.92. The number of benzene rings is 2. The van der Waals surface area contributed by atoms with E-state index < -0.39 is 0 Å². The summed E-state index contributed by atoms with van der Waals surface area (Å²) in [5.74, 6) is 1.44. The molecule has 190 valence electrons. The van der Waals surface area contributed by atoms with E-state index in [2.05, 4.69) is 73.4 Å². The number of nitrogens with one attached hydrogen (secondary N) is 1. The fraction of sp³-hybridized carbons (Fsp3) is 0.267. The van der Waals surface area contributed by atoms with Crippen LogP contribution in [0.2, 0.25) is 0 Å². The molecule has 0 saturated carbocycles. The Balaban J connectivity index is 1.46. The highest BCUT2D eigenvalue weighted by Gasteiger charge is 2.20. The second kappa shape index (κ2) is 12.0. The maximum Gasteiger partial charge on any atom is 0.251 e. The number of hydrogen-bond donors (Lipinski definition) is 1. The fourth-order valence-corrected chi connectivity index (χ4v) is 4.52. The second-order valence-corrected chi connectivity index (χ2v) is 10.9. The SMILES string of the molecule is CN(Cc1ccccc1)c1cc(C(C)(C)C)nc(SCc2cccc(C(=O)NCc3ccccn3)c2)n1. The highest BCUT2D eigenvalue weighted by molar-refractivity contribution is 7.98. The van der Waals surface area contributed by atoms with E-state index in [0.717, 1.165) is 34.5 Å². The van der Waals surface area contributed by atoms with Crippen molar-refractivity contribution in [2.24, 2.45) is 0 Å². The van der Waals surface area contributed by atoms with Crippen molar-refractivity contribution in [2.75, 3.05) is 11.9 Å². The Hall–Kier alpha value is -3.71. The van der Waals surface area contributed by atoms with Crippen molar-refractivity contribution >= 4 is 23.5 Å². The molecule has 0 radical (unpaired) electrons. The molecule has 4 aromatic rings. The Kier molecular flexibility index (Phi) is 8.56. The van der Waals surface area contributed by atoms with Crippen LogP contribution in [0.1, 0.15) is 53.6 Å². The van der Waals surface area contributed by atoms with Gasteiger partial charge in [0.2, 0.25) is 0 Å². The highest BCUT2D eigenvalue weighted by Crippen LogP contribution is 2.28. The number of hydrogen-bond acceptors (Lipinski definition) is 6. The van der Waals surface area contributed by atoms with Crippen molar-refractivity contribution in [3.8, 4) is 0 Å². The number of pyridine rings is 1. The normalized spacial score (nSPS) is 11.2. The molecule has 0 atom stereocenters. The molecule has 37 heavy (non-hydrogen) atoms. The zero-order valence-corrected chi connectivity index (χ0v) is 22.6. The van der Waals surface area contributed by atoms with E-state index in [0.29, 0.717) is 17.9 Å². The molecule has 0 unspecified atom stereocenters. The molecule has 1 amide bonds. The molecule has 2 aromatic carbocycles. The zero-order valence-electron chi connectivity index (χ0n) is 21.8. The lowest BCUT2D eigenvalue weighted by molar-refractivity contribution is 0.0950. The molecule has 0 saturated heterocycles. The topological polar surface area (TPSA) is 71.0 Å². The van der Waals surface area contributed by atoms with Gasteiger partial charge in [-0.25, -0.2) is 9.97 Å². The van der Waals surface area contributed by atoms with Crippen LogP contribution >= 0.6 is 11.8 Å². The maximum absolute atomic E-state index is 12.7. The minimum atomic E-state index is -0.117. The third kappa shape index (κ3) is 7.64. The standard InChI is InChI=1S/C30H33N5OS/c1-30(2,3)26-18-27(35(4)20-22-11-6-5-7-12-22)34-29(33-26)37-21-23-13-10-14-24(17-23)28(36)32-19-25-15-8-9-16-31-25/h5-18H,19-21H2,1-4H3,(H,32,36). The Morgan fingerprint density at radius 3 is 2.41 bits per heavy atom. The third-order valence-electron chi connectivity index (χ3n) is 5.83. The predicted molar refractivity (Wildman–Crippen MR) is 151 cm³/mol. The summed E-state index contributed by atoms with van der Waals surface area (Å²) in [6.45, 7) is 7.65. The van der Waals surface area contributed by atoms with Crippen molar-refractivity contribution in [3.63, 3.8) is 0 Å². The molecule has 2 heterocycles. The van der Waals surface area contributed by atoms with E-state index in [4.69, 9.17) is 9.97 Å². The molecule has 1 N–H and O–H groups in total. The Labute approximate surface area is 223 Å².